The first-order chi connectivity index (χ1) is 8.25. The number of rotatable bonds is 1. The smallest absolute Gasteiger partial charge is 0.165 e. The molecule has 2 aromatic carbocycles. The summed E-state index contributed by atoms with van der Waals surface area (Å²) in [6.07, 6.45) is 0. The highest BCUT2D eigenvalue weighted by atomic mass is 32.1. The van der Waals surface area contributed by atoms with Crippen molar-refractivity contribution in [3.05, 3.63) is 48.3 Å². The van der Waals surface area contributed by atoms with Gasteiger partial charge in [-0.3, -0.25) is 0 Å². The van der Waals surface area contributed by atoms with E-state index >= 15 is 0 Å². The maximum absolute atomic E-state index is 13.2. The van der Waals surface area contributed by atoms with Crippen LogP contribution in [0.15, 0.2) is 42.5 Å². The Bertz CT molecular complexity index is 660. The van der Waals surface area contributed by atoms with Crippen LogP contribution in [0.25, 0.3) is 20.8 Å². The van der Waals surface area contributed by atoms with Crippen LogP contribution in [-0.2, 0) is 0 Å². The highest BCUT2D eigenvalue weighted by Gasteiger charge is 2.12. The molecule has 0 bridgehead atoms. The summed E-state index contributed by atoms with van der Waals surface area (Å²) in [6.45, 7) is 0. The van der Waals surface area contributed by atoms with E-state index in [1.165, 1.54) is 17.4 Å². The van der Waals surface area contributed by atoms with Crippen molar-refractivity contribution in [2.24, 2.45) is 0 Å². The number of thiazole rings is 1. The Kier molecular flexibility index (Phi) is 2.30. The number of benzene rings is 2. The lowest BCUT2D eigenvalue weighted by molar-refractivity contribution is 0.434. The van der Waals surface area contributed by atoms with Crippen molar-refractivity contribution < 1.29 is 9.50 Å². The van der Waals surface area contributed by atoms with E-state index in [1.807, 2.05) is 24.3 Å². The molecule has 0 saturated carbocycles. The molecule has 0 aliphatic rings. The SMILES string of the molecule is Oc1c(F)cccc1-c1nc2ccccc2s1. The quantitative estimate of drug-likeness (QED) is 0.707. The van der Waals surface area contributed by atoms with E-state index in [2.05, 4.69) is 4.98 Å². The predicted octanol–water partition coefficient (Wildman–Crippen LogP) is 3.81. The Hall–Kier alpha value is -1.94. The molecule has 0 fully saturated rings. The molecule has 17 heavy (non-hydrogen) atoms. The van der Waals surface area contributed by atoms with E-state index in [0.29, 0.717) is 10.6 Å². The molecular weight excluding hydrogens is 237 g/mol. The molecule has 2 nitrogen and oxygen atoms in total. The maximum atomic E-state index is 13.2. The van der Waals surface area contributed by atoms with Gasteiger partial charge in [0.05, 0.1) is 15.8 Å². The third-order valence-electron chi connectivity index (χ3n) is 2.51. The van der Waals surface area contributed by atoms with Crippen molar-refractivity contribution >= 4 is 21.6 Å². The number of nitrogens with zero attached hydrogens (tertiary/aromatic N) is 1. The molecule has 0 unspecified atom stereocenters. The molecule has 0 aliphatic heterocycles. The summed E-state index contributed by atoms with van der Waals surface area (Å²) in [6, 6.07) is 12.1. The van der Waals surface area contributed by atoms with E-state index in [1.54, 1.807) is 12.1 Å². The minimum atomic E-state index is -0.623. The molecule has 1 heterocycles. The third-order valence-corrected chi connectivity index (χ3v) is 3.58. The third kappa shape index (κ3) is 1.66. The number of aromatic hydroxyl groups is 1. The summed E-state index contributed by atoms with van der Waals surface area (Å²) in [5.41, 5.74) is 1.29. The zero-order valence-corrected chi connectivity index (χ0v) is 9.54. The van der Waals surface area contributed by atoms with Gasteiger partial charge in [-0.1, -0.05) is 18.2 Å². The average molecular weight is 245 g/mol. The van der Waals surface area contributed by atoms with Gasteiger partial charge in [-0.05, 0) is 24.3 Å². The van der Waals surface area contributed by atoms with Crippen molar-refractivity contribution in [2.75, 3.05) is 0 Å². The second kappa shape index (κ2) is 3.82. The fraction of sp³-hybridized carbons (Fsp3) is 0. The summed E-state index contributed by atoms with van der Waals surface area (Å²) in [4.78, 5) is 4.38. The first kappa shape index (κ1) is 10.2. The van der Waals surface area contributed by atoms with Gasteiger partial charge in [0, 0.05) is 0 Å². The minimum Gasteiger partial charge on any atom is -0.504 e. The van der Waals surface area contributed by atoms with Crippen molar-refractivity contribution in [1.82, 2.24) is 4.98 Å². The summed E-state index contributed by atoms with van der Waals surface area (Å²) >= 11 is 1.44. The van der Waals surface area contributed by atoms with Gasteiger partial charge in [-0.15, -0.1) is 11.3 Å². The molecule has 0 aliphatic carbocycles. The summed E-state index contributed by atoms with van der Waals surface area (Å²) in [5, 5.41) is 10.3. The number of para-hydroxylation sites is 2. The Morgan fingerprint density at radius 3 is 2.71 bits per heavy atom. The van der Waals surface area contributed by atoms with Gasteiger partial charge in [-0.2, -0.15) is 0 Å². The normalized spacial score (nSPS) is 10.9. The largest absolute Gasteiger partial charge is 0.504 e. The standard InChI is InChI=1S/C13H8FNOS/c14-9-5-3-4-8(12(9)16)13-15-10-6-1-2-7-11(10)17-13/h1-7,16H. The Morgan fingerprint density at radius 2 is 1.88 bits per heavy atom. The lowest BCUT2D eigenvalue weighted by Gasteiger charge is -2.00. The highest BCUT2D eigenvalue weighted by molar-refractivity contribution is 7.21. The van der Waals surface area contributed by atoms with Gasteiger partial charge in [0.2, 0.25) is 0 Å². The van der Waals surface area contributed by atoms with Crippen LogP contribution in [0.5, 0.6) is 5.75 Å². The number of fused-ring (bicyclic) bond motifs is 1. The maximum Gasteiger partial charge on any atom is 0.165 e. The Labute approximate surface area is 101 Å². The molecule has 3 rings (SSSR count). The monoisotopic (exact) mass is 245 g/mol. The average Bonchev–Trinajstić information content (AvgIpc) is 2.76. The van der Waals surface area contributed by atoms with Gasteiger partial charge in [0.15, 0.2) is 11.6 Å². The van der Waals surface area contributed by atoms with E-state index in [4.69, 9.17) is 0 Å². The lowest BCUT2D eigenvalue weighted by Crippen LogP contribution is -1.81. The van der Waals surface area contributed by atoms with Gasteiger partial charge >= 0.3 is 0 Å². The van der Waals surface area contributed by atoms with Crippen LogP contribution in [-0.4, -0.2) is 10.1 Å². The fourth-order valence-electron chi connectivity index (χ4n) is 1.68. The van der Waals surface area contributed by atoms with Crippen LogP contribution < -0.4 is 0 Å². The number of phenols is 1. The molecule has 0 spiro atoms. The summed E-state index contributed by atoms with van der Waals surface area (Å²) in [5.74, 6) is -0.965. The van der Waals surface area contributed by atoms with Crippen molar-refractivity contribution in [1.29, 1.82) is 0 Å². The van der Waals surface area contributed by atoms with Crippen molar-refractivity contribution in [2.45, 2.75) is 0 Å². The van der Waals surface area contributed by atoms with Crippen LogP contribution in [0.2, 0.25) is 0 Å². The van der Waals surface area contributed by atoms with E-state index in [-0.39, 0.29) is 5.75 Å². The fourth-order valence-corrected chi connectivity index (χ4v) is 2.67. The van der Waals surface area contributed by atoms with Gasteiger partial charge in [-0.25, -0.2) is 9.37 Å². The summed E-state index contributed by atoms with van der Waals surface area (Å²) < 4.78 is 14.3. The van der Waals surface area contributed by atoms with E-state index in [9.17, 15) is 9.50 Å². The van der Waals surface area contributed by atoms with Crippen LogP contribution in [0.1, 0.15) is 0 Å². The van der Waals surface area contributed by atoms with Crippen LogP contribution >= 0.6 is 11.3 Å². The Morgan fingerprint density at radius 1 is 1.06 bits per heavy atom. The highest BCUT2D eigenvalue weighted by Crippen LogP contribution is 2.36. The number of halogens is 1. The summed E-state index contributed by atoms with van der Waals surface area (Å²) in [7, 11) is 0. The number of hydrogen-bond donors (Lipinski definition) is 1. The Balaban J connectivity index is 2.24. The zero-order valence-electron chi connectivity index (χ0n) is 8.72. The van der Waals surface area contributed by atoms with Gasteiger partial charge in [0.25, 0.3) is 0 Å². The topological polar surface area (TPSA) is 33.1 Å². The molecule has 1 aromatic heterocycles. The second-order valence-electron chi connectivity index (χ2n) is 3.62. The predicted molar refractivity (Wildman–Crippen MR) is 66.7 cm³/mol. The number of hydrogen-bond acceptors (Lipinski definition) is 3. The van der Waals surface area contributed by atoms with Crippen LogP contribution in [0.4, 0.5) is 4.39 Å². The molecule has 0 amide bonds. The molecular formula is C13H8FNOS. The molecule has 4 heteroatoms. The number of phenolic OH excluding ortho intramolecular Hbond substituents is 1. The van der Waals surface area contributed by atoms with E-state index < -0.39 is 5.82 Å². The van der Waals surface area contributed by atoms with Gasteiger partial charge < -0.3 is 5.11 Å². The van der Waals surface area contributed by atoms with Crippen LogP contribution in [0, 0.1) is 5.82 Å². The van der Waals surface area contributed by atoms with Crippen molar-refractivity contribution in [3.63, 3.8) is 0 Å². The molecule has 84 valence electrons. The number of aromatic nitrogens is 1. The second-order valence-corrected chi connectivity index (χ2v) is 4.65. The van der Waals surface area contributed by atoms with E-state index in [0.717, 1.165) is 10.2 Å². The molecule has 3 aromatic rings. The molecule has 1 N–H and O–H groups in total. The molecule has 0 radical (unpaired) electrons. The van der Waals surface area contributed by atoms with Crippen LogP contribution in [0.3, 0.4) is 0 Å². The first-order valence-electron chi connectivity index (χ1n) is 5.09. The van der Waals surface area contributed by atoms with Gasteiger partial charge in [0.1, 0.15) is 5.01 Å². The minimum absolute atomic E-state index is 0.341. The molecule has 0 atom stereocenters. The van der Waals surface area contributed by atoms with Crippen molar-refractivity contribution in [3.8, 4) is 16.3 Å². The lowest BCUT2D eigenvalue weighted by atomic mass is 10.2. The molecule has 0 saturated heterocycles. The first-order valence-corrected chi connectivity index (χ1v) is 5.91. The zero-order chi connectivity index (χ0) is 11.8.